The quantitative estimate of drug-likeness (QED) is 0.202. The molecular formula is C27H18ClFN2O4S. The lowest BCUT2D eigenvalue weighted by Crippen LogP contribution is -2.29. The molecule has 0 radical (unpaired) electrons. The number of fused-ring (bicyclic) bond motifs is 2. The van der Waals surface area contributed by atoms with Crippen LogP contribution in [-0.4, -0.2) is 27.9 Å². The lowest BCUT2D eigenvalue weighted by molar-refractivity contribution is -0.132. The molecule has 9 heteroatoms. The Morgan fingerprint density at radius 3 is 2.69 bits per heavy atom. The maximum absolute atomic E-state index is 13.8. The first-order chi connectivity index (χ1) is 17.3. The van der Waals surface area contributed by atoms with Crippen molar-refractivity contribution in [3.8, 4) is 5.75 Å². The smallest absolute Gasteiger partial charge is 0.301 e. The second-order valence-corrected chi connectivity index (χ2v) is 10.2. The highest BCUT2D eigenvalue weighted by atomic mass is 35.5. The number of carbonyl (C=O) groups is 2. The molecule has 2 unspecified atom stereocenters. The maximum Gasteiger partial charge on any atom is 0.301 e. The van der Waals surface area contributed by atoms with E-state index in [1.807, 2.05) is 6.92 Å². The van der Waals surface area contributed by atoms with Crippen molar-refractivity contribution in [1.29, 1.82) is 0 Å². The third-order valence-corrected chi connectivity index (χ3v) is 7.60. The number of aliphatic hydroxyl groups excluding tert-OH is 1. The Hall–Kier alpha value is -3.75. The number of amides is 1. The molecule has 180 valence electrons. The van der Waals surface area contributed by atoms with Crippen LogP contribution in [0.15, 0.2) is 66.2 Å². The number of nitrogens with zero attached hydrogens (tertiary/aromatic N) is 2. The van der Waals surface area contributed by atoms with E-state index in [1.54, 1.807) is 36.4 Å². The number of halogens is 2. The number of Topliss-reactive ketones (excluding diaryl/α,β-unsaturated/α-hetero) is 1. The summed E-state index contributed by atoms with van der Waals surface area (Å²) in [5, 5.41) is 12.2. The number of hydrogen-bond donors (Lipinski definition) is 1. The van der Waals surface area contributed by atoms with Crippen LogP contribution >= 0.6 is 22.9 Å². The van der Waals surface area contributed by atoms with Crippen molar-refractivity contribution in [3.63, 3.8) is 0 Å². The SMILES string of the molecule is CC1Cc2cc(/C(O)=C3/C(=O)C(=O)N(c4nc5ccc(Cl)cc5s4)C3c3ccc(F)cc3)ccc2O1. The minimum atomic E-state index is -0.995. The topological polar surface area (TPSA) is 79.7 Å². The van der Waals surface area contributed by atoms with Crippen molar-refractivity contribution in [3.05, 3.63) is 93.8 Å². The predicted molar refractivity (Wildman–Crippen MR) is 136 cm³/mol. The first-order valence-corrected chi connectivity index (χ1v) is 12.4. The van der Waals surface area contributed by atoms with Gasteiger partial charge in [0, 0.05) is 17.0 Å². The summed E-state index contributed by atoms with van der Waals surface area (Å²) in [5.74, 6) is -1.71. The lowest BCUT2D eigenvalue weighted by Gasteiger charge is -2.23. The molecule has 0 aliphatic carbocycles. The van der Waals surface area contributed by atoms with Crippen LogP contribution in [0.5, 0.6) is 5.75 Å². The van der Waals surface area contributed by atoms with Crippen LogP contribution in [0.25, 0.3) is 16.0 Å². The molecule has 1 aromatic heterocycles. The summed E-state index contributed by atoms with van der Waals surface area (Å²) in [5.41, 5.74) is 2.30. The van der Waals surface area contributed by atoms with E-state index >= 15 is 0 Å². The zero-order valence-electron chi connectivity index (χ0n) is 18.9. The fraction of sp³-hybridized carbons (Fsp3) is 0.148. The summed E-state index contributed by atoms with van der Waals surface area (Å²) >= 11 is 7.32. The van der Waals surface area contributed by atoms with Gasteiger partial charge in [-0.15, -0.1) is 0 Å². The predicted octanol–water partition coefficient (Wildman–Crippen LogP) is 6.04. The molecule has 1 N–H and O–H groups in total. The third kappa shape index (κ3) is 3.65. The molecule has 2 atom stereocenters. The summed E-state index contributed by atoms with van der Waals surface area (Å²) in [6.45, 7) is 1.95. The molecule has 6 rings (SSSR count). The van der Waals surface area contributed by atoms with Gasteiger partial charge in [-0.1, -0.05) is 35.1 Å². The van der Waals surface area contributed by atoms with Gasteiger partial charge in [0.25, 0.3) is 5.78 Å². The van der Waals surface area contributed by atoms with Crippen molar-refractivity contribution in [1.82, 2.24) is 4.98 Å². The van der Waals surface area contributed by atoms with Crippen LogP contribution in [0, 0.1) is 5.82 Å². The van der Waals surface area contributed by atoms with Gasteiger partial charge in [-0.25, -0.2) is 9.37 Å². The molecule has 0 bridgehead atoms. The van der Waals surface area contributed by atoms with Crippen LogP contribution in [0.4, 0.5) is 9.52 Å². The zero-order valence-corrected chi connectivity index (χ0v) is 20.4. The fourth-order valence-corrected chi connectivity index (χ4v) is 5.97. The molecule has 0 saturated carbocycles. The van der Waals surface area contributed by atoms with Gasteiger partial charge < -0.3 is 9.84 Å². The van der Waals surface area contributed by atoms with E-state index in [-0.39, 0.29) is 22.6 Å². The maximum atomic E-state index is 13.8. The second kappa shape index (κ2) is 8.43. The largest absolute Gasteiger partial charge is 0.507 e. The highest BCUT2D eigenvalue weighted by Gasteiger charge is 2.48. The minimum Gasteiger partial charge on any atom is -0.507 e. The van der Waals surface area contributed by atoms with Gasteiger partial charge in [0.15, 0.2) is 5.13 Å². The number of aromatic nitrogens is 1. The number of thiazole rings is 1. The molecule has 6 nitrogen and oxygen atoms in total. The van der Waals surface area contributed by atoms with Gasteiger partial charge in [-0.3, -0.25) is 14.5 Å². The standard InChI is InChI=1S/C27H18ClFN2O4S/c1-13-10-16-11-15(4-9-20(16)35-13)24(32)22-23(14-2-6-18(29)7-3-14)31(26(34)25(22)33)27-30-19-8-5-17(28)12-21(19)36-27/h2-9,11-13,23,32H,10H2,1H3/b24-22-. The molecule has 4 aromatic rings. The van der Waals surface area contributed by atoms with Gasteiger partial charge in [0.1, 0.15) is 23.4 Å². The monoisotopic (exact) mass is 520 g/mol. The van der Waals surface area contributed by atoms with E-state index in [0.717, 1.165) is 16.0 Å². The molecule has 2 aliphatic heterocycles. The van der Waals surface area contributed by atoms with Gasteiger partial charge in [-0.2, -0.15) is 0 Å². The minimum absolute atomic E-state index is 0.00901. The van der Waals surface area contributed by atoms with Gasteiger partial charge in [-0.05, 0) is 66.6 Å². The van der Waals surface area contributed by atoms with Crippen LogP contribution < -0.4 is 9.64 Å². The Bertz CT molecular complexity index is 1600. The first kappa shape index (κ1) is 22.7. The summed E-state index contributed by atoms with van der Waals surface area (Å²) in [6, 6.07) is 14.8. The molecule has 36 heavy (non-hydrogen) atoms. The molecule has 1 fully saturated rings. The number of carbonyl (C=O) groups excluding carboxylic acids is 2. The van der Waals surface area contributed by atoms with Crippen molar-refractivity contribution in [2.45, 2.75) is 25.5 Å². The van der Waals surface area contributed by atoms with Gasteiger partial charge in [0.2, 0.25) is 0 Å². The van der Waals surface area contributed by atoms with Crippen molar-refractivity contribution < 1.29 is 23.8 Å². The van der Waals surface area contributed by atoms with Crippen molar-refractivity contribution >= 4 is 55.7 Å². The summed E-state index contributed by atoms with van der Waals surface area (Å²) in [4.78, 5) is 32.5. The van der Waals surface area contributed by atoms with E-state index in [0.29, 0.717) is 28.1 Å². The molecule has 3 heterocycles. The van der Waals surface area contributed by atoms with E-state index in [2.05, 4.69) is 4.98 Å². The average Bonchev–Trinajstić information content (AvgIpc) is 3.51. The summed E-state index contributed by atoms with van der Waals surface area (Å²) in [6.07, 6.45) is 0.676. The Kier molecular flexibility index (Phi) is 5.31. The Balaban J connectivity index is 1.53. The average molecular weight is 521 g/mol. The number of ether oxygens (including phenoxy) is 1. The molecule has 1 amide bonds. The van der Waals surface area contributed by atoms with E-state index in [4.69, 9.17) is 16.3 Å². The Morgan fingerprint density at radius 1 is 1.14 bits per heavy atom. The summed E-state index contributed by atoms with van der Waals surface area (Å²) in [7, 11) is 0. The number of ketones is 1. The van der Waals surface area contributed by atoms with Crippen LogP contribution in [0.2, 0.25) is 5.02 Å². The highest BCUT2D eigenvalue weighted by Crippen LogP contribution is 2.45. The second-order valence-electron chi connectivity index (χ2n) is 8.78. The highest BCUT2D eigenvalue weighted by molar-refractivity contribution is 7.22. The molecule has 1 saturated heterocycles. The van der Waals surface area contributed by atoms with E-state index < -0.39 is 23.5 Å². The van der Waals surface area contributed by atoms with Gasteiger partial charge >= 0.3 is 5.91 Å². The first-order valence-electron chi connectivity index (χ1n) is 11.2. The van der Waals surface area contributed by atoms with Crippen LogP contribution in [0.1, 0.15) is 29.7 Å². The van der Waals surface area contributed by atoms with Crippen molar-refractivity contribution in [2.24, 2.45) is 0 Å². The molecule has 3 aromatic carbocycles. The molecule has 0 spiro atoms. The van der Waals surface area contributed by atoms with Crippen LogP contribution in [-0.2, 0) is 16.0 Å². The zero-order chi connectivity index (χ0) is 25.1. The number of rotatable bonds is 3. The fourth-order valence-electron chi connectivity index (χ4n) is 4.70. The van der Waals surface area contributed by atoms with E-state index in [1.165, 1.54) is 40.5 Å². The van der Waals surface area contributed by atoms with E-state index in [9.17, 15) is 19.1 Å². The molecular weight excluding hydrogens is 503 g/mol. The Labute approximate surface area is 214 Å². The van der Waals surface area contributed by atoms with Crippen LogP contribution in [0.3, 0.4) is 0 Å². The Morgan fingerprint density at radius 2 is 1.92 bits per heavy atom. The third-order valence-electron chi connectivity index (χ3n) is 6.34. The molecule has 2 aliphatic rings. The number of hydrogen-bond acceptors (Lipinski definition) is 6. The van der Waals surface area contributed by atoms with Crippen molar-refractivity contribution in [2.75, 3.05) is 4.90 Å². The summed E-state index contributed by atoms with van der Waals surface area (Å²) < 4.78 is 20.2. The van der Waals surface area contributed by atoms with Gasteiger partial charge in [0.05, 0.1) is 21.8 Å². The normalized spacial score (nSPS) is 20.7. The number of aliphatic hydroxyl groups is 1. The number of benzene rings is 3. The number of anilines is 1. The lowest BCUT2D eigenvalue weighted by atomic mass is 9.94.